The molecule has 1 fully saturated rings. The normalized spacial score (nSPS) is 15.3. The Balaban J connectivity index is 1.89. The monoisotopic (exact) mass is 485 g/mol. The van der Waals surface area contributed by atoms with Gasteiger partial charge in [0, 0.05) is 27.1 Å². The molecule has 0 aromatic heterocycles. The molecule has 1 aliphatic heterocycles. The molecule has 0 unspecified atom stereocenters. The number of likely N-dealkylation sites (N-methyl/N-ethyl adjacent to an activating group) is 2. The number of carbonyl (C=O) groups is 3. The average Bonchev–Trinajstić information content (AvgIpc) is 3.18. The number of cyclic esters (lactones) is 1. The number of benzene rings is 1. The van der Waals surface area contributed by atoms with Crippen molar-refractivity contribution in [1.29, 1.82) is 0 Å². The van der Waals surface area contributed by atoms with E-state index < -0.39 is 24.7 Å². The van der Waals surface area contributed by atoms with Crippen molar-refractivity contribution in [3.63, 3.8) is 0 Å². The molecule has 1 aromatic rings. The van der Waals surface area contributed by atoms with Crippen molar-refractivity contribution < 1.29 is 32.7 Å². The fourth-order valence-corrected chi connectivity index (χ4v) is 3.32. The van der Waals surface area contributed by atoms with E-state index in [4.69, 9.17) is 9.57 Å². The summed E-state index contributed by atoms with van der Waals surface area (Å²) >= 11 is 0. The van der Waals surface area contributed by atoms with E-state index in [0.29, 0.717) is 37.4 Å². The van der Waals surface area contributed by atoms with Crippen LogP contribution in [0.4, 0.5) is 25.0 Å². The molecular weight excluding hydrogens is 452 g/mol. The molecule has 0 spiro atoms. The fourth-order valence-electron chi connectivity index (χ4n) is 3.32. The van der Waals surface area contributed by atoms with Crippen molar-refractivity contribution in [2.24, 2.45) is 0 Å². The third-order valence-corrected chi connectivity index (χ3v) is 5.18. The Morgan fingerprint density at radius 2 is 2.12 bits per heavy atom. The van der Waals surface area contributed by atoms with Crippen LogP contribution in [0.5, 0.6) is 0 Å². The molecule has 1 aromatic carbocycles. The fraction of sp³-hybridized carbons (Fsp3) is 0.591. The zero-order valence-corrected chi connectivity index (χ0v) is 19.8. The number of anilines is 2. The van der Waals surface area contributed by atoms with E-state index in [1.165, 1.54) is 24.9 Å². The Hall–Kier alpha value is -2.99. The molecule has 1 heterocycles. The van der Waals surface area contributed by atoms with Crippen molar-refractivity contribution >= 4 is 29.3 Å². The molecule has 10 nitrogen and oxygen atoms in total. The predicted molar refractivity (Wildman–Crippen MR) is 123 cm³/mol. The second-order valence-electron chi connectivity index (χ2n) is 7.71. The third-order valence-electron chi connectivity index (χ3n) is 5.18. The van der Waals surface area contributed by atoms with Crippen LogP contribution in [-0.2, 0) is 19.2 Å². The highest BCUT2D eigenvalue weighted by Gasteiger charge is 2.32. The molecule has 0 radical (unpaired) electrons. The number of ether oxygens (including phenoxy) is 1. The summed E-state index contributed by atoms with van der Waals surface area (Å²) in [5.74, 6) is -1.04. The summed E-state index contributed by atoms with van der Waals surface area (Å²) in [6.07, 6.45) is -0.776. The molecule has 2 N–H and O–H groups in total. The number of amides is 3. The van der Waals surface area contributed by atoms with Gasteiger partial charge in [-0.25, -0.2) is 14.2 Å². The standard InChI is InChI=1S/C22H33F2N5O5/c1-4-28(10-11-33-27(3)21(31)14-25-9-5-8-23)20-7-6-17(12-19(20)24)29-15-18(34-22(29)32)13-26-16(2)30/h6-7,12,18,25H,4-5,8-11,13-15H2,1-3H3,(H,26,30)/t18-/m0/s1. The summed E-state index contributed by atoms with van der Waals surface area (Å²) in [5.41, 5.74) is 0.688. The van der Waals surface area contributed by atoms with Crippen LogP contribution >= 0.6 is 0 Å². The maximum absolute atomic E-state index is 14.9. The first kappa shape index (κ1) is 27.3. The minimum absolute atomic E-state index is 0.0364. The van der Waals surface area contributed by atoms with E-state index >= 15 is 0 Å². The van der Waals surface area contributed by atoms with Crippen LogP contribution in [0.1, 0.15) is 20.3 Å². The van der Waals surface area contributed by atoms with Crippen LogP contribution in [0.3, 0.4) is 0 Å². The lowest BCUT2D eigenvalue weighted by atomic mass is 10.2. The van der Waals surface area contributed by atoms with E-state index in [1.54, 1.807) is 17.0 Å². The van der Waals surface area contributed by atoms with Gasteiger partial charge >= 0.3 is 6.09 Å². The number of hydroxylamine groups is 2. The average molecular weight is 486 g/mol. The number of rotatable bonds is 14. The van der Waals surface area contributed by atoms with Gasteiger partial charge in [0.25, 0.3) is 5.91 Å². The lowest BCUT2D eigenvalue weighted by Gasteiger charge is -2.26. The van der Waals surface area contributed by atoms with E-state index in [2.05, 4.69) is 10.6 Å². The Labute approximate surface area is 198 Å². The minimum Gasteiger partial charge on any atom is -0.442 e. The Kier molecular flexibility index (Phi) is 10.9. The lowest BCUT2D eigenvalue weighted by Crippen LogP contribution is -2.38. The van der Waals surface area contributed by atoms with E-state index in [9.17, 15) is 23.2 Å². The highest BCUT2D eigenvalue weighted by molar-refractivity contribution is 5.90. The van der Waals surface area contributed by atoms with Gasteiger partial charge in [0.1, 0.15) is 11.9 Å². The Morgan fingerprint density at radius 1 is 1.35 bits per heavy atom. The Morgan fingerprint density at radius 3 is 2.76 bits per heavy atom. The molecule has 1 atom stereocenters. The zero-order valence-electron chi connectivity index (χ0n) is 19.8. The van der Waals surface area contributed by atoms with Crippen molar-refractivity contribution in [2.45, 2.75) is 26.4 Å². The second-order valence-corrected chi connectivity index (χ2v) is 7.71. The van der Waals surface area contributed by atoms with Gasteiger partial charge in [-0.1, -0.05) is 0 Å². The molecule has 0 saturated carbocycles. The quantitative estimate of drug-likeness (QED) is 0.304. The van der Waals surface area contributed by atoms with Gasteiger partial charge in [0.15, 0.2) is 0 Å². The number of alkyl halides is 1. The molecule has 0 aliphatic carbocycles. The topological polar surface area (TPSA) is 103 Å². The van der Waals surface area contributed by atoms with E-state index in [1.807, 2.05) is 6.92 Å². The number of halogens is 2. The number of hydrogen-bond acceptors (Lipinski definition) is 7. The van der Waals surface area contributed by atoms with Crippen LogP contribution in [0, 0.1) is 5.82 Å². The third kappa shape index (κ3) is 8.10. The Bertz CT molecular complexity index is 844. The molecule has 1 aliphatic rings. The second kappa shape index (κ2) is 13.7. The molecular formula is C22H33F2N5O5. The summed E-state index contributed by atoms with van der Waals surface area (Å²) in [6, 6.07) is 4.47. The molecule has 1 saturated heterocycles. The van der Waals surface area contributed by atoms with Gasteiger partial charge in [-0.05, 0) is 38.1 Å². The van der Waals surface area contributed by atoms with Crippen LogP contribution < -0.4 is 20.4 Å². The van der Waals surface area contributed by atoms with E-state index in [0.717, 1.165) is 5.06 Å². The van der Waals surface area contributed by atoms with Crippen LogP contribution in [-0.4, -0.2) is 88.7 Å². The van der Waals surface area contributed by atoms with Gasteiger partial charge < -0.3 is 20.3 Å². The van der Waals surface area contributed by atoms with Crippen molar-refractivity contribution in [3.05, 3.63) is 24.0 Å². The summed E-state index contributed by atoms with van der Waals surface area (Å²) in [6.45, 7) is 4.58. The van der Waals surface area contributed by atoms with Crippen molar-refractivity contribution in [2.75, 3.05) is 69.4 Å². The van der Waals surface area contributed by atoms with Gasteiger partial charge in [0.2, 0.25) is 5.91 Å². The summed E-state index contributed by atoms with van der Waals surface area (Å²) in [5, 5.41) is 6.53. The first-order chi connectivity index (χ1) is 16.3. The highest BCUT2D eigenvalue weighted by Crippen LogP contribution is 2.27. The summed E-state index contributed by atoms with van der Waals surface area (Å²) in [4.78, 5) is 43.7. The molecule has 3 amide bonds. The van der Waals surface area contributed by atoms with Gasteiger partial charge in [0.05, 0.1) is 44.3 Å². The van der Waals surface area contributed by atoms with E-state index in [-0.39, 0.29) is 38.1 Å². The molecule has 190 valence electrons. The smallest absolute Gasteiger partial charge is 0.414 e. The van der Waals surface area contributed by atoms with Gasteiger partial charge in [-0.3, -0.25) is 23.7 Å². The molecule has 2 rings (SSSR count). The first-order valence-corrected chi connectivity index (χ1v) is 11.2. The van der Waals surface area contributed by atoms with Crippen LogP contribution in [0.2, 0.25) is 0 Å². The maximum atomic E-state index is 14.9. The first-order valence-electron chi connectivity index (χ1n) is 11.2. The predicted octanol–water partition coefficient (Wildman–Crippen LogP) is 1.45. The largest absolute Gasteiger partial charge is 0.442 e. The number of hydrogen-bond donors (Lipinski definition) is 2. The molecule has 34 heavy (non-hydrogen) atoms. The van der Waals surface area contributed by atoms with Crippen LogP contribution in [0.25, 0.3) is 0 Å². The zero-order chi connectivity index (χ0) is 25.1. The van der Waals surface area contributed by atoms with Gasteiger partial charge in [-0.15, -0.1) is 0 Å². The molecule has 0 bridgehead atoms. The van der Waals surface area contributed by atoms with Gasteiger partial charge in [-0.2, -0.15) is 0 Å². The van der Waals surface area contributed by atoms with Crippen molar-refractivity contribution in [3.8, 4) is 0 Å². The maximum Gasteiger partial charge on any atom is 0.414 e. The summed E-state index contributed by atoms with van der Waals surface area (Å²) < 4.78 is 32.2. The van der Waals surface area contributed by atoms with Crippen molar-refractivity contribution in [1.82, 2.24) is 15.7 Å². The lowest BCUT2D eigenvalue weighted by molar-refractivity contribution is -0.176. The molecule has 12 heteroatoms. The summed E-state index contributed by atoms with van der Waals surface area (Å²) in [7, 11) is 1.49. The SMILES string of the molecule is CCN(CCON(C)C(=O)CNCCCF)c1ccc(N2C[C@H](CNC(C)=O)OC2=O)cc1F. The van der Waals surface area contributed by atoms with Crippen LogP contribution in [0.15, 0.2) is 18.2 Å². The minimum atomic E-state index is -0.602. The highest BCUT2D eigenvalue weighted by atomic mass is 19.1. The number of nitrogens with one attached hydrogen (secondary N) is 2. The number of carbonyl (C=O) groups excluding carboxylic acids is 3. The number of nitrogens with zero attached hydrogens (tertiary/aromatic N) is 3.